The Labute approximate surface area is 154 Å². The average molecular weight is 357 g/mol. The van der Waals surface area contributed by atoms with Gasteiger partial charge in [-0.25, -0.2) is 4.79 Å². The number of tetrazole rings is 1. The van der Waals surface area contributed by atoms with Gasteiger partial charge in [-0.2, -0.15) is 4.68 Å². The van der Waals surface area contributed by atoms with Gasteiger partial charge in [0.15, 0.2) is 5.82 Å². The first-order chi connectivity index (χ1) is 12.7. The molecule has 1 aliphatic heterocycles. The van der Waals surface area contributed by atoms with Crippen LogP contribution in [0.4, 0.5) is 10.5 Å². The number of unbranched alkanes of at least 4 members (excludes halogenated alkanes) is 1. The number of urea groups is 1. The molecule has 0 radical (unpaired) electrons. The molecule has 0 bridgehead atoms. The minimum atomic E-state index is -0.164. The lowest BCUT2D eigenvalue weighted by molar-refractivity contribution is 0.194. The van der Waals surface area contributed by atoms with E-state index in [9.17, 15) is 4.79 Å². The van der Waals surface area contributed by atoms with Crippen LogP contribution in [0.15, 0.2) is 24.3 Å². The molecule has 1 saturated heterocycles. The van der Waals surface area contributed by atoms with E-state index in [0.717, 1.165) is 37.3 Å². The fourth-order valence-electron chi connectivity index (χ4n) is 3.22. The number of nitrogens with one attached hydrogen (secondary N) is 2. The van der Waals surface area contributed by atoms with Crippen LogP contribution in [0.5, 0.6) is 0 Å². The average Bonchev–Trinajstić information content (AvgIpc) is 3.07. The lowest BCUT2D eigenvalue weighted by Gasteiger charge is -2.32. The predicted octanol–water partition coefficient (Wildman–Crippen LogP) is 2.36. The SMILES string of the molecule is CCCCN1CCC(NC(=O)Nc2cccc(-n3nnnc3C)c2)CC1. The van der Waals surface area contributed by atoms with Gasteiger partial charge in [0, 0.05) is 24.8 Å². The Morgan fingerprint density at radius 1 is 1.31 bits per heavy atom. The van der Waals surface area contributed by atoms with Gasteiger partial charge in [0.1, 0.15) is 0 Å². The van der Waals surface area contributed by atoms with E-state index in [1.54, 1.807) is 4.68 Å². The van der Waals surface area contributed by atoms with Crippen LogP contribution in [0.1, 0.15) is 38.4 Å². The van der Waals surface area contributed by atoms with Gasteiger partial charge in [-0.3, -0.25) is 0 Å². The van der Waals surface area contributed by atoms with Crippen LogP contribution < -0.4 is 10.6 Å². The number of piperidine rings is 1. The molecule has 0 aliphatic carbocycles. The molecule has 0 unspecified atom stereocenters. The molecule has 8 nitrogen and oxygen atoms in total. The summed E-state index contributed by atoms with van der Waals surface area (Å²) in [6.07, 6.45) is 4.47. The quantitative estimate of drug-likeness (QED) is 0.828. The van der Waals surface area contributed by atoms with Gasteiger partial charge in [-0.15, -0.1) is 5.10 Å². The molecule has 0 spiro atoms. The van der Waals surface area contributed by atoms with E-state index in [2.05, 4.69) is 38.0 Å². The Bertz CT molecular complexity index is 722. The van der Waals surface area contributed by atoms with E-state index >= 15 is 0 Å². The zero-order valence-electron chi connectivity index (χ0n) is 15.5. The summed E-state index contributed by atoms with van der Waals surface area (Å²) >= 11 is 0. The maximum absolute atomic E-state index is 12.3. The van der Waals surface area contributed by atoms with Gasteiger partial charge in [0.05, 0.1) is 5.69 Å². The zero-order valence-corrected chi connectivity index (χ0v) is 15.5. The number of hydrogen-bond donors (Lipinski definition) is 2. The van der Waals surface area contributed by atoms with Gasteiger partial charge < -0.3 is 15.5 Å². The standard InChI is InChI=1S/C18H27N7O/c1-3-4-10-24-11-8-15(9-12-24)19-18(26)20-16-6-5-7-17(13-16)25-14(2)21-22-23-25/h5-7,13,15H,3-4,8-12H2,1-2H3,(H2,19,20,26). The van der Waals surface area contributed by atoms with Crippen molar-refractivity contribution in [3.63, 3.8) is 0 Å². The largest absolute Gasteiger partial charge is 0.335 e. The summed E-state index contributed by atoms with van der Waals surface area (Å²) in [6.45, 7) is 7.32. The summed E-state index contributed by atoms with van der Waals surface area (Å²) in [5, 5.41) is 17.5. The van der Waals surface area contributed by atoms with Crippen molar-refractivity contribution < 1.29 is 4.79 Å². The number of carbonyl (C=O) groups is 1. The van der Waals surface area contributed by atoms with Crippen LogP contribution >= 0.6 is 0 Å². The second kappa shape index (κ2) is 8.75. The highest BCUT2D eigenvalue weighted by molar-refractivity contribution is 5.89. The lowest BCUT2D eigenvalue weighted by atomic mass is 10.0. The van der Waals surface area contributed by atoms with Crippen molar-refractivity contribution in [3.8, 4) is 5.69 Å². The number of carbonyl (C=O) groups excluding carboxylic acids is 1. The number of benzene rings is 1. The molecule has 140 valence electrons. The van der Waals surface area contributed by atoms with E-state index in [1.807, 2.05) is 31.2 Å². The molecule has 26 heavy (non-hydrogen) atoms. The smallest absolute Gasteiger partial charge is 0.319 e. The molecule has 0 atom stereocenters. The van der Waals surface area contributed by atoms with Crippen molar-refractivity contribution in [1.29, 1.82) is 0 Å². The molecular weight excluding hydrogens is 330 g/mol. The molecule has 8 heteroatoms. The summed E-state index contributed by atoms with van der Waals surface area (Å²) in [7, 11) is 0. The molecule has 2 aromatic rings. The molecule has 1 fully saturated rings. The lowest BCUT2D eigenvalue weighted by Crippen LogP contribution is -2.46. The number of aromatic nitrogens is 4. The van der Waals surface area contributed by atoms with Crippen LogP contribution in [-0.2, 0) is 0 Å². The maximum atomic E-state index is 12.3. The molecule has 1 aliphatic rings. The summed E-state index contributed by atoms with van der Waals surface area (Å²) in [5.41, 5.74) is 1.53. The normalized spacial score (nSPS) is 15.8. The third-order valence-electron chi connectivity index (χ3n) is 4.72. The fourth-order valence-corrected chi connectivity index (χ4v) is 3.22. The minimum Gasteiger partial charge on any atom is -0.335 e. The number of amides is 2. The van der Waals surface area contributed by atoms with Gasteiger partial charge in [0.2, 0.25) is 0 Å². The molecule has 2 heterocycles. The first kappa shape index (κ1) is 18.3. The first-order valence-corrected chi connectivity index (χ1v) is 9.31. The third-order valence-corrected chi connectivity index (χ3v) is 4.72. The van der Waals surface area contributed by atoms with Crippen LogP contribution in [0, 0.1) is 6.92 Å². The highest BCUT2D eigenvalue weighted by Gasteiger charge is 2.20. The molecule has 2 amide bonds. The molecule has 0 saturated carbocycles. The van der Waals surface area contributed by atoms with Gasteiger partial charge in [-0.1, -0.05) is 19.4 Å². The van der Waals surface area contributed by atoms with E-state index < -0.39 is 0 Å². The second-order valence-corrected chi connectivity index (χ2v) is 6.76. The number of likely N-dealkylation sites (tertiary alicyclic amines) is 1. The van der Waals surface area contributed by atoms with E-state index in [1.165, 1.54) is 19.4 Å². The van der Waals surface area contributed by atoms with Crippen molar-refractivity contribution in [3.05, 3.63) is 30.1 Å². The van der Waals surface area contributed by atoms with E-state index in [-0.39, 0.29) is 12.1 Å². The third kappa shape index (κ3) is 4.78. The van der Waals surface area contributed by atoms with E-state index in [0.29, 0.717) is 5.82 Å². The summed E-state index contributed by atoms with van der Waals surface area (Å²) in [4.78, 5) is 14.8. The molecule has 3 rings (SSSR count). The Morgan fingerprint density at radius 3 is 2.81 bits per heavy atom. The summed E-state index contributed by atoms with van der Waals surface area (Å²) in [6, 6.07) is 7.56. The highest BCUT2D eigenvalue weighted by Crippen LogP contribution is 2.15. The van der Waals surface area contributed by atoms with Crippen LogP contribution in [0.25, 0.3) is 5.69 Å². The molecule has 1 aromatic carbocycles. The van der Waals surface area contributed by atoms with Crippen molar-refractivity contribution in [2.24, 2.45) is 0 Å². The van der Waals surface area contributed by atoms with Crippen molar-refractivity contribution in [2.45, 2.75) is 45.6 Å². The summed E-state index contributed by atoms with van der Waals surface area (Å²) in [5.74, 6) is 0.696. The first-order valence-electron chi connectivity index (χ1n) is 9.31. The monoisotopic (exact) mass is 357 g/mol. The van der Waals surface area contributed by atoms with Crippen LogP contribution in [0.2, 0.25) is 0 Å². The minimum absolute atomic E-state index is 0.164. The zero-order chi connectivity index (χ0) is 18.4. The predicted molar refractivity (Wildman–Crippen MR) is 100 cm³/mol. The van der Waals surface area contributed by atoms with Crippen molar-refractivity contribution >= 4 is 11.7 Å². The van der Waals surface area contributed by atoms with Crippen LogP contribution in [0.3, 0.4) is 0 Å². The molecule has 1 aromatic heterocycles. The Morgan fingerprint density at radius 2 is 2.12 bits per heavy atom. The Balaban J connectivity index is 1.51. The Hall–Kier alpha value is -2.48. The number of anilines is 1. The number of hydrogen-bond acceptors (Lipinski definition) is 5. The van der Waals surface area contributed by atoms with Crippen LogP contribution in [-0.4, -0.2) is 56.8 Å². The maximum Gasteiger partial charge on any atom is 0.319 e. The van der Waals surface area contributed by atoms with Gasteiger partial charge >= 0.3 is 6.03 Å². The van der Waals surface area contributed by atoms with Crippen molar-refractivity contribution in [2.75, 3.05) is 25.0 Å². The van der Waals surface area contributed by atoms with Gasteiger partial charge in [0.25, 0.3) is 0 Å². The number of nitrogens with zero attached hydrogens (tertiary/aromatic N) is 5. The number of rotatable bonds is 6. The Kier molecular flexibility index (Phi) is 6.17. The highest BCUT2D eigenvalue weighted by atomic mass is 16.2. The molecule has 2 N–H and O–H groups in total. The molecular formula is C18H27N7O. The van der Waals surface area contributed by atoms with Gasteiger partial charge in [-0.05, 0) is 61.4 Å². The summed E-state index contributed by atoms with van der Waals surface area (Å²) < 4.78 is 1.63. The second-order valence-electron chi connectivity index (χ2n) is 6.76. The number of aryl methyl sites for hydroxylation is 1. The van der Waals surface area contributed by atoms with E-state index in [4.69, 9.17) is 0 Å². The fraction of sp³-hybridized carbons (Fsp3) is 0.556. The van der Waals surface area contributed by atoms with Crippen molar-refractivity contribution in [1.82, 2.24) is 30.4 Å². The topological polar surface area (TPSA) is 88.0 Å².